The number of benzene rings is 2. The lowest BCUT2D eigenvalue weighted by atomic mass is 9.50. The van der Waals surface area contributed by atoms with Crippen molar-refractivity contribution in [1.82, 2.24) is 15.1 Å². The Morgan fingerprint density at radius 2 is 1.90 bits per heavy atom. The van der Waals surface area contributed by atoms with E-state index in [0.717, 1.165) is 40.6 Å². The first-order valence-corrected chi connectivity index (χ1v) is 10.6. The van der Waals surface area contributed by atoms with Crippen molar-refractivity contribution < 1.29 is 9.90 Å². The monoisotopic (exact) mass is 401 g/mol. The van der Waals surface area contributed by atoms with Gasteiger partial charge in [-0.05, 0) is 60.3 Å². The quantitative estimate of drug-likeness (QED) is 0.651. The Hall–Kier alpha value is -3.15. The van der Waals surface area contributed by atoms with Crippen LogP contribution in [0.15, 0.2) is 47.3 Å². The summed E-state index contributed by atoms with van der Waals surface area (Å²) in [5, 5.41) is 18.2. The van der Waals surface area contributed by atoms with Crippen LogP contribution in [-0.4, -0.2) is 26.3 Å². The zero-order valence-corrected chi connectivity index (χ0v) is 16.6. The molecule has 0 bridgehead atoms. The fourth-order valence-electron chi connectivity index (χ4n) is 6.00. The third-order valence-electron chi connectivity index (χ3n) is 7.61. The predicted octanol–water partition coefficient (Wildman–Crippen LogP) is 4.71. The van der Waals surface area contributed by atoms with Gasteiger partial charge in [-0.2, -0.15) is 5.10 Å². The molecule has 1 amide bonds. The molecule has 0 radical (unpaired) electrons. The number of aromatic nitrogens is 2. The van der Waals surface area contributed by atoms with E-state index in [9.17, 15) is 14.7 Å². The number of fused-ring (bicyclic) bond motifs is 2. The Kier molecular flexibility index (Phi) is 3.64. The number of rotatable bonds is 2. The third kappa shape index (κ3) is 2.46. The normalized spacial score (nSPS) is 22.0. The molecule has 2 fully saturated rings. The summed E-state index contributed by atoms with van der Waals surface area (Å²) in [5.74, 6) is 0.387. The highest BCUT2D eigenvalue weighted by molar-refractivity contribution is 5.93. The average molecular weight is 401 g/mol. The highest BCUT2D eigenvalue weighted by atomic mass is 16.4. The molecule has 2 aliphatic carbocycles. The van der Waals surface area contributed by atoms with Gasteiger partial charge in [0, 0.05) is 17.5 Å². The summed E-state index contributed by atoms with van der Waals surface area (Å²) in [6.45, 7) is 0.443. The molecule has 3 aromatic rings. The second-order valence-corrected chi connectivity index (χ2v) is 9.24. The van der Waals surface area contributed by atoms with E-state index >= 15 is 0 Å². The van der Waals surface area contributed by atoms with Crippen molar-refractivity contribution >= 4 is 16.9 Å². The van der Waals surface area contributed by atoms with Crippen molar-refractivity contribution in [2.45, 2.75) is 44.7 Å². The molecule has 30 heavy (non-hydrogen) atoms. The van der Waals surface area contributed by atoms with Crippen LogP contribution in [0.4, 0.5) is 4.79 Å². The number of carboxylic acid groups (broad SMARTS) is 1. The van der Waals surface area contributed by atoms with Crippen molar-refractivity contribution in [3.63, 3.8) is 0 Å². The van der Waals surface area contributed by atoms with Crippen LogP contribution in [0.1, 0.15) is 49.3 Å². The molecule has 6 heteroatoms. The molecule has 2 N–H and O–H groups in total. The van der Waals surface area contributed by atoms with Gasteiger partial charge in [0.1, 0.15) is 0 Å². The number of nitrogens with one attached hydrogen (secondary N) is 1. The Labute approximate surface area is 173 Å². The molecule has 0 saturated heterocycles. The molecule has 1 aromatic heterocycles. The maximum atomic E-state index is 12.2. The molecule has 1 unspecified atom stereocenters. The highest BCUT2D eigenvalue weighted by Gasteiger charge is 2.53. The first-order valence-electron chi connectivity index (χ1n) is 10.6. The van der Waals surface area contributed by atoms with Crippen LogP contribution in [0.2, 0.25) is 0 Å². The predicted molar refractivity (Wildman–Crippen MR) is 113 cm³/mol. The molecule has 1 spiro atoms. The molecule has 152 valence electrons. The van der Waals surface area contributed by atoms with E-state index in [-0.39, 0.29) is 11.6 Å². The molecule has 1 atom stereocenters. The summed E-state index contributed by atoms with van der Waals surface area (Å²) in [7, 11) is 0. The molecule has 6 nitrogen and oxygen atoms in total. The van der Waals surface area contributed by atoms with Crippen molar-refractivity contribution in [3.05, 3.63) is 63.9 Å². The Morgan fingerprint density at radius 1 is 1.13 bits per heavy atom. The van der Waals surface area contributed by atoms with E-state index in [1.165, 1.54) is 19.3 Å². The van der Waals surface area contributed by atoms with Crippen molar-refractivity contribution in [2.75, 3.05) is 0 Å². The summed E-state index contributed by atoms with van der Waals surface area (Å²) < 4.78 is 0. The first-order chi connectivity index (χ1) is 14.5. The third-order valence-corrected chi connectivity index (χ3v) is 7.61. The fraction of sp³-hybridized carbons (Fsp3) is 0.375. The number of aromatic amines is 1. The average Bonchev–Trinajstić information content (AvgIpc) is 3.05. The van der Waals surface area contributed by atoms with Gasteiger partial charge in [-0.3, -0.25) is 9.69 Å². The van der Waals surface area contributed by atoms with Crippen LogP contribution >= 0.6 is 0 Å². The van der Waals surface area contributed by atoms with Gasteiger partial charge < -0.3 is 5.11 Å². The minimum absolute atomic E-state index is 0.0855. The summed E-state index contributed by atoms with van der Waals surface area (Å²) >= 11 is 0. The Morgan fingerprint density at radius 3 is 2.60 bits per heavy atom. The lowest BCUT2D eigenvalue weighted by Crippen LogP contribution is -2.47. The van der Waals surface area contributed by atoms with Crippen LogP contribution in [0.5, 0.6) is 0 Å². The molecule has 2 aromatic carbocycles. The summed E-state index contributed by atoms with van der Waals surface area (Å²) in [6, 6.07) is 13.5. The van der Waals surface area contributed by atoms with Gasteiger partial charge in [0.2, 0.25) is 0 Å². The van der Waals surface area contributed by atoms with Crippen molar-refractivity contribution in [2.24, 2.45) is 11.3 Å². The molecule has 2 heterocycles. The van der Waals surface area contributed by atoms with E-state index < -0.39 is 6.09 Å². The SMILES string of the molecule is O=C(O)N1Cc2ccc(-c3n[nH]c(=O)c4ccccc34)cc2C1C1CC2(CCC2)C1. The topological polar surface area (TPSA) is 86.3 Å². The minimum Gasteiger partial charge on any atom is -0.465 e. The zero-order valence-electron chi connectivity index (χ0n) is 16.6. The standard InChI is InChI=1S/C24H23N3O3/c28-22-18-5-2-1-4-17(18)20(25-26-22)14-6-7-15-13-27(23(29)30)21(19(15)10-14)16-11-24(12-16)8-3-9-24/h1-2,4-7,10,16,21H,3,8-9,11-13H2,(H,26,28)(H,29,30). The van der Waals surface area contributed by atoms with Crippen LogP contribution < -0.4 is 5.56 Å². The second-order valence-electron chi connectivity index (χ2n) is 9.24. The van der Waals surface area contributed by atoms with Gasteiger partial charge >= 0.3 is 6.09 Å². The molecular formula is C24H23N3O3. The maximum absolute atomic E-state index is 12.2. The van der Waals surface area contributed by atoms with Gasteiger partial charge in [-0.1, -0.05) is 36.8 Å². The van der Waals surface area contributed by atoms with E-state index in [1.807, 2.05) is 30.3 Å². The number of hydrogen-bond acceptors (Lipinski definition) is 3. The van der Waals surface area contributed by atoms with Gasteiger partial charge in [0.15, 0.2) is 0 Å². The van der Waals surface area contributed by atoms with Gasteiger partial charge in [0.25, 0.3) is 5.56 Å². The van der Waals surface area contributed by atoms with E-state index in [4.69, 9.17) is 0 Å². The minimum atomic E-state index is -0.847. The molecule has 6 rings (SSSR count). The van der Waals surface area contributed by atoms with Gasteiger partial charge in [-0.15, -0.1) is 0 Å². The smallest absolute Gasteiger partial charge is 0.408 e. The fourth-order valence-corrected chi connectivity index (χ4v) is 6.00. The largest absolute Gasteiger partial charge is 0.465 e. The number of carbonyl (C=O) groups is 1. The summed E-state index contributed by atoms with van der Waals surface area (Å²) in [4.78, 5) is 25.8. The van der Waals surface area contributed by atoms with Crippen molar-refractivity contribution in [1.29, 1.82) is 0 Å². The Bertz CT molecular complexity index is 1240. The maximum Gasteiger partial charge on any atom is 0.408 e. The second kappa shape index (κ2) is 6.17. The molecular weight excluding hydrogens is 378 g/mol. The van der Waals surface area contributed by atoms with Crippen LogP contribution in [0.25, 0.3) is 22.0 Å². The summed E-state index contributed by atoms with van der Waals surface area (Å²) in [5.41, 5.74) is 4.11. The van der Waals surface area contributed by atoms with Crippen LogP contribution in [0, 0.1) is 11.3 Å². The van der Waals surface area contributed by atoms with Gasteiger partial charge in [0.05, 0.1) is 17.1 Å². The van der Waals surface area contributed by atoms with E-state index in [1.54, 1.807) is 11.0 Å². The lowest BCUT2D eigenvalue weighted by molar-refractivity contribution is -0.0581. The Balaban J connectivity index is 1.44. The van der Waals surface area contributed by atoms with Crippen molar-refractivity contribution in [3.8, 4) is 11.3 Å². The molecule has 2 saturated carbocycles. The number of nitrogens with zero attached hydrogens (tertiary/aromatic N) is 2. The van der Waals surface area contributed by atoms with Crippen LogP contribution in [0.3, 0.4) is 0 Å². The van der Waals surface area contributed by atoms with E-state index in [0.29, 0.717) is 23.3 Å². The summed E-state index contributed by atoms with van der Waals surface area (Å²) in [6.07, 6.45) is 5.31. The number of H-pyrrole nitrogens is 1. The molecule has 3 aliphatic rings. The lowest BCUT2D eigenvalue weighted by Gasteiger charge is -2.56. The number of hydrogen-bond donors (Lipinski definition) is 2. The number of amides is 1. The molecule has 1 aliphatic heterocycles. The van der Waals surface area contributed by atoms with Crippen LogP contribution in [-0.2, 0) is 6.54 Å². The van der Waals surface area contributed by atoms with Gasteiger partial charge in [-0.25, -0.2) is 9.89 Å². The van der Waals surface area contributed by atoms with E-state index in [2.05, 4.69) is 16.3 Å². The zero-order chi connectivity index (χ0) is 20.5. The highest BCUT2D eigenvalue weighted by Crippen LogP contribution is 2.63. The first kappa shape index (κ1) is 17.7.